The van der Waals surface area contributed by atoms with E-state index in [1.807, 2.05) is 0 Å². The van der Waals surface area contributed by atoms with Crippen LogP contribution in [0, 0.1) is 10.1 Å². The van der Waals surface area contributed by atoms with Crippen LogP contribution in [0.3, 0.4) is 0 Å². The Balaban J connectivity index is 1.72. The van der Waals surface area contributed by atoms with Gasteiger partial charge < -0.3 is 0 Å². The van der Waals surface area contributed by atoms with Crippen molar-refractivity contribution in [2.45, 2.75) is 4.90 Å². The van der Waals surface area contributed by atoms with E-state index in [-0.39, 0.29) is 10.6 Å². The third-order valence-electron chi connectivity index (χ3n) is 3.45. The van der Waals surface area contributed by atoms with Gasteiger partial charge in [0.1, 0.15) is 0 Å². The molecule has 2 aromatic carbocycles. The van der Waals surface area contributed by atoms with Gasteiger partial charge in [0, 0.05) is 18.2 Å². The van der Waals surface area contributed by atoms with Gasteiger partial charge in [0.2, 0.25) is 15.9 Å². The molecule has 0 unspecified atom stereocenters. The highest BCUT2D eigenvalue weighted by Gasteiger charge is 2.12. The van der Waals surface area contributed by atoms with E-state index in [4.69, 9.17) is 5.14 Å². The van der Waals surface area contributed by atoms with Gasteiger partial charge in [-0.1, -0.05) is 11.3 Å². The van der Waals surface area contributed by atoms with Gasteiger partial charge in [0.25, 0.3) is 5.69 Å². The standard InChI is InChI=1S/C16H12N4O5S2/c17-27(24,25)12-6-7-13-14(9-12)26-16(18-13)19-15(21)8-3-10-1-4-11(5-2-10)20(22)23/h1-9H,(H2,17,24,25)(H,18,19,21)/b8-3+. The number of carbonyl (C=O) groups excluding carboxylic acids is 1. The molecule has 0 radical (unpaired) electrons. The number of anilines is 1. The largest absolute Gasteiger partial charge is 0.298 e. The number of nitrogens with two attached hydrogens (primary N) is 1. The number of aromatic nitrogens is 1. The third kappa shape index (κ3) is 4.53. The first-order valence-corrected chi connectivity index (χ1v) is 9.75. The minimum atomic E-state index is -3.82. The number of amides is 1. The summed E-state index contributed by atoms with van der Waals surface area (Å²) in [4.78, 5) is 26.3. The fourth-order valence-electron chi connectivity index (χ4n) is 2.16. The number of rotatable bonds is 5. The maximum Gasteiger partial charge on any atom is 0.269 e. The van der Waals surface area contributed by atoms with Crippen molar-refractivity contribution in [2.75, 3.05) is 5.32 Å². The topological polar surface area (TPSA) is 145 Å². The number of nitro groups is 1. The van der Waals surface area contributed by atoms with Crippen LogP contribution in [0.2, 0.25) is 0 Å². The van der Waals surface area contributed by atoms with Crippen LogP contribution >= 0.6 is 11.3 Å². The minimum Gasteiger partial charge on any atom is -0.298 e. The van der Waals surface area contributed by atoms with E-state index in [0.29, 0.717) is 20.9 Å². The second-order valence-corrected chi connectivity index (χ2v) is 7.96. The van der Waals surface area contributed by atoms with Gasteiger partial charge in [0.05, 0.1) is 20.0 Å². The van der Waals surface area contributed by atoms with E-state index in [2.05, 4.69) is 10.3 Å². The lowest BCUT2D eigenvalue weighted by molar-refractivity contribution is -0.384. The SMILES string of the molecule is NS(=O)(=O)c1ccc2nc(NC(=O)/C=C/c3ccc([N+](=O)[O-])cc3)sc2c1. The lowest BCUT2D eigenvalue weighted by atomic mass is 10.2. The molecule has 0 aliphatic heterocycles. The normalized spacial score (nSPS) is 11.7. The summed E-state index contributed by atoms with van der Waals surface area (Å²) in [6.45, 7) is 0. The van der Waals surface area contributed by atoms with Gasteiger partial charge in [-0.05, 0) is 42.0 Å². The molecular weight excluding hydrogens is 392 g/mol. The Hall–Kier alpha value is -3.15. The number of benzene rings is 2. The molecule has 11 heteroatoms. The van der Waals surface area contributed by atoms with Crippen LogP contribution in [0.5, 0.6) is 0 Å². The number of thiazole rings is 1. The number of carbonyl (C=O) groups is 1. The molecule has 1 amide bonds. The highest BCUT2D eigenvalue weighted by Crippen LogP contribution is 2.27. The average molecular weight is 404 g/mol. The van der Waals surface area contributed by atoms with Crippen molar-refractivity contribution < 1.29 is 18.1 Å². The molecule has 0 bridgehead atoms. The van der Waals surface area contributed by atoms with E-state index in [1.54, 1.807) is 0 Å². The molecule has 138 valence electrons. The van der Waals surface area contributed by atoms with Crippen molar-refractivity contribution in [1.82, 2.24) is 4.98 Å². The number of nitro benzene ring substituents is 1. The Morgan fingerprint density at radius 2 is 1.93 bits per heavy atom. The molecule has 0 aliphatic carbocycles. The monoisotopic (exact) mass is 404 g/mol. The number of sulfonamides is 1. The highest BCUT2D eigenvalue weighted by atomic mass is 32.2. The summed E-state index contributed by atoms with van der Waals surface area (Å²) in [7, 11) is -3.82. The molecule has 0 saturated carbocycles. The maximum absolute atomic E-state index is 12.0. The van der Waals surface area contributed by atoms with Gasteiger partial charge in [-0.25, -0.2) is 18.5 Å². The summed E-state index contributed by atoms with van der Waals surface area (Å²) in [5.74, 6) is -0.445. The second-order valence-electron chi connectivity index (χ2n) is 5.36. The molecule has 3 aromatic rings. The smallest absolute Gasteiger partial charge is 0.269 e. The molecule has 3 N–H and O–H groups in total. The van der Waals surface area contributed by atoms with Gasteiger partial charge >= 0.3 is 0 Å². The number of nitrogens with one attached hydrogen (secondary N) is 1. The fraction of sp³-hybridized carbons (Fsp3) is 0. The Labute approximate surface area is 157 Å². The molecule has 0 fully saturated rings. The van der Waals surface area contributed by atoms with E-state index in [9.17, 15) is 23.3 Å². The highest BCUT2D eigenvalue weighted by molar-refractivity contribution is 7.89. The predicted octanol–water partition coefficient (Wildman–Crippen LogP) is 2.50. The first-order chi connectivity index (χ1) is 12.7. The molecule has 0 saturated heterocycles. The van der Waals surface area contributed by atoms with Crippen LogP contribution in [-0.2, 0) is 14.8 Å². The Morgan fingerprint density at radius 3 is 2.56 bits per heavy atom. The van der Waals surface area contributed by atoms with Crippen molar-refractivity contribution >= 4 is 54.4 Å². The lowest BCUT2D eigenvalue weighted by Crippen LogP contribution is -2.11. The zero-order valence-corrected chi connectivity index (χ0v) is 15.2. The molecule has 3 rings (SSSR count). The molecule has 0 atom stereocenters. The third-order valence-corrected chi connectivity index (χ3v) is 5.29. The van der Waals surface area contributed by atoms with E-state index < -0.39 is 20.9 Å². The van der Waals surface area contributed by atoms with Crippen molar-refractivity contribution in [3.05, 3.63) is 64.2 Å². The van der Waals surface area contributed by atoms with Crippen molar-refractivity contribution in [3.8, 4) is 0 Å². The van der Waals surface area contributed by atoms with Crippen LogP contribution < -0.4 is 10.5 Å². The summed E-state index contributed by atoms with van der Waals surface area (Å²) in [5.41, 5.74) is 1.12. The quantitative estimate of drug-likeness (QED) is 0.379. The molecule has 0 spiro atoms. The number of non-ortho nitro benzene ring substituents is 1. The average Bonchev–Trinajstić information content (AvgIpc) is 3.00. The molecule has 9 nitrogen and oxygen atoms in total. The first kappa shape index (κ1) is 18.6. The second kappa shape index (κ2) is 7.23. The van der Waals surface area contributed by atoms with Crippen molar-refractivity contribution in [3.63, 3.8) is 0 Å². The van der Waals surface area contributed by atoms with Crippen molar-refractivity contribution in [2.24, 2.45) is 5.14 Å². The number of hydrogen-bond donors (Lipinski definition) is 2. The number of primary sulfonamides is 1. The zero-order chi connectivity index (χ0) is 19.6. The Morgan fingerprint density at radius 1 is 1.22 bits per heavy atom. The fourth-order valence-corrected chi connectivity index (χ4v) is 3.68. The van der Waals surface area contributed by atoms with Crippen LogP contribution in [0.25, 0.3) is 16.3 Å². The molecule has 1 aromatic heterocycles. The number of fused-ring (bicyclic) bond motifs is 1. The van der Waals surface area contributed by atoms with E-state index in [0.717, 1.165) is 11.3 Å². The van der Waals surface area contributed by atoms with Crippen molar-refractivity contribution in [1.29, 1.82) is 0 Å². The summed E-state index contributed by atoms with van der Waals surface area (Å²) >= 11 is 1.11. The summed E-state index contributed by atoms with van der Waals surface area (Å²) in [6.07, 6.45) is 2.77. The van der Waals surface area contributed by atoms with E-state index in [1.165, 1.54) is 54.6 Å². The Kier molecular flexibility index (Phi) is 4.99. The number of hydrogen-bond acceptors (Lipinski definition) is 7. The molecule has 1 heterocycles. The predicted molar refractivity (Wildman–Crippen MR) is 102 cm³/mol. The summed E-state index contributed by atoms with van der Waals surface area (Å²) in [5, 5.41) is 18.6. The summed E-state index contributed by atoms with van der Waals surface area (Å²) in [6, 6.07) is 9.97. The molecule has 27 heavy (non-hydrogen) atoms. The minimum absolute atomic E-state index is 0.0328. The van der Waals surface area contributed by atoms with Crippen LogP contribution in [-0.4, -0.2) is 24.2 Å². The maximum atomic E-state index is 12.0. The van der Waals surface area contributed by atoms with Gasteiger partial charge in [-0.3, -0.25) is 20.2 Å². The van der Waals surface area contributed by atoms with Gasteiger partial charge in [0.15, 0.2) is 5.13 Å². The van der Waals surface area contributed by atoms with Crippen LogP contribution in [0.1, 0.15) is 5.56 Å². The number of nitrogens with zero attached hydrogens (tertiary/aromatic N) is 2. The molecule has 0 aliphatic rings. The van der Waals surface area contributed by atoms with Crippen LogP contribution in [0.4, 0.5) is 10.8 Å². The van der Waals surface area contributed by atoms with Gasteiger partial charge in [-0.2, -0.15) is 0 Å². The van der Waals surface area contributed by atoms with Crippen LogP contribution in [0.15, 0.2) is 53.4 Å². The molecular formula is C16H12N4O5S2. The lowest BCUT2D eigenvalue weighted by Gasteiger charge is -1.96. The Bertz CT molecular complexity index is 1170. The van der Waals surface area contributed by atoms with Gasteiger partial charge in [-0.15, -0.1) is 0 Å². The zero-order valence-electron chi connectivity index (χ0n) is 13.5. The first-order valence-electron chi connectivity index (χ1n) is 7.39. The summed E-state index contributed by atoms with van der Waals surface area (Å²) < 4.78 is 23.3. The van der Waals surface area contributed by atoms with E-state index >= 15 is 0 Å².